The van der Waals surface area contributed by atoms with Gasteiger partial charge in [-0.05, 0) is 12.8 Å². The van der Waals surface area contributed by atoms with Crippen molar-refractivity contribution in [3.8, 4) is 0 Å². The molecule has 0 aromatic heterocycles. The largest absolute Gasteiger partial charge is 0.393 e. The van der Waals surface area contributed by atoms with Gasteiger partial charge in [-0.2, -0.15) is 0 Å². The summed E-state index contributed by atoms with van der Waals surface area (Å²) >= 11 is 0. The fourth-order valence-electron chi connectivity index (χ4n) is 4.21. The zero-order valence-corrected chi connectivity index (χ0v) is 18.7. The number of hydrogen-bond donors (Lipinski definition) is 0. The molecule has 164 valence electrons. The number of ether oxygens (including phenoxy) is 1. The predicted molar refractivity (Wildman–Crippen MR) is 117 cm³/mol. The third-order valence-electron chi connectivity index (χ3n) is 6.15. The van der Waals surface area contributed by atoms with Gasteiger partial charge in [0.25, 0.3) is 0 Å². The summed E-state index contributed by atoms with van der Waals surface area (Å²) in [6, 6.07) is 0. The molecule has 1 saturated heterocycles. The Morgan fingerprint density at radius 3 is 1.43 bits per heavy atom. The molecule has 1 fully saturated rings. The molecular formula is C25H46O3. The van der Waals surface area contributed by atoms with E-state index in [1.165, 1.54) is 109 Å². The number of rotatable bonds is 19. The van der Waals surface area contributed by atoms with Crippen LogP contribution in [0, 0.1) is 5.92 Å². The van der Waals surface area contributed by atoms with Crippen molar-refractivity contribution in [1.82, 2.24) is 0 Å². The van der Waals surface area contributed by atoms with Crippen LogP contribution in [0.3, 0.4) is 0 Å². The molecule has 0 spiro atoms. The van der Waals surface area contributed by atoms with Gasteiger partial charge in [-0.1, -0.05) is 122 Å². The first-order valence-corrected chi connectivity index (χ1v) is 12.5. The lowest BCUT2D eigenvalue weighted by atomic mass is 9.94. The molecule has 28 heavy (non-hydrogen) atoms. The van der Waals surface area contributed by atoms with Crippen LogP contribution in [-0.4, -0.2) is 11.9 Å². The van der Waals surface area contributed by atoms with Gasteiger partial charge in [0.2, 0.25) is 0 Å². The second-order valence-corrected chi connectivity index (χ2v) is 8.83. The lowest BCUT2D eigenvalue weighted by molar-refractivity contribution is -0.167. The minimum Gasteiger partial charge on any atom is -0.393 e. The third kappa shape index (κ3) is 14.2. The molecule has 3 heteroatoms. The normalized spacial score (nSPS) is 17.1. The van der Waals surface area contributed by atoms with Crippen molar-refractivity contribution < 1.29 is 14.3 Å². The van der Waals surface area contributed by atoms with E-state index >= 15 is 0 Å². The Morgan fingerprint density at radius 1 is 0.643 bits per heavy atom. The van der Waals surface area contributed by atoms with Crippen molar-refractivity contribution in [2.24, 2.45) is 5.92 Å². The van der Waals surface area contributed by atoms with Gasteiger partial charge in [0.15, 0.2) is 0 Å². The van der Waals surface area contributed by atoms with Gasteiger partial charge < -0.3 is 4.74 Å². The number of unbranched alkanes of at least 4 members (excludes halogenated alkanes) is 17. The second-order valence-electron chi connectivity index (χ2n) is 8.83. The third-order valence-corrected chi connectivity index (χ3v) is 6.15. The number of esters is 2. The summed E-state index contributed by atoms with van der Waals surface area (Å²) in [5, 5.41) is 0. The van der Waals surface area contributed by atoms with Gasteiger partial charge in [0.1, 0.15) is 0 Å². The molecule has 0 radical (unpaired) electrons. The molecule has 1 aliphatic heterocycles. The van der Waals surface area contributed by atoms with E-state index in [-0.39, 0.29) is 17.9 Å². The van der Waals surface area contributed by atoms with Gasteiger partial charge in [-0.3, -0.25) is 9.59 Å². The lowest BCUT2D eigenvalue weighted by Crippen LogP contribution is -2.27. The Bertz CT molecular complexity index is 391. The molecule has 0 aliphatic carbocycles. The van der Waals surface area contributed by atoms with Crippen molar-refractivity contribution in [2.75, 3.05) is 0 Å². The van der Waals surface area contributed by atoms with E-state index in [0.717, 1.165) is 12.8 Å². The van der Waals surface area contributed by atoms with Crippen LogP contribution in [0.5, 0.6) is 0 Å². The standard InChI is InChI=1S/C25H46O3/c1-2-3-4-5-6-7-8-9-10-11-12-13-14-15-16-17-18-19-20-23-21-22-24(26)28-25(23)27/h23H,2-22H2,1H3. The Balaban J connectivity index is 1.72. The highest BCUT2D eigenvalue weighted by Gasteiger charge is 2.28. The number of carbonyl (C=O) groups excluding carboxylic acids is 2. The minimum atomic E-state index is -0.348. The summed E-state index contributed by atoms with van der Waals surface area (Å²) in [6.45, 7) is 2.28. The van der Waals surface area contributed by atoms with Crippen molar-refractivity contribution in [2.45, 2.75) is 142 Å². The predicted octanol–water partition coefficient (Wildman–Crippen LogP) is 7.90. The smallest absolute Gasteiger partial charge is 0.316 e. The highest BCUT2D eigenvalue weighted by atomic mass is 16.6. The molecule has 3 nitrogen and oxygen atoms in total. The zero-order chi connectivity index (χ0) is 20.3. The molecule has 1 heterocycles. The van der Waals surface area contributed by atoms with Crippen LogP contribution in [0.25, 0.3) is 0 Å². The molecule has 0 saturated carbocycles. The molecule has 0 N–H and O–H groups in total. The highest BCUT2D eigenvalue weighted by molar-refractivity contribution is 5.89. The van der Waals surface area contributed by atoms with Crippen molar-refractivity contribution in [3.05, 3.63) is 0 Å². The quantitative estimate of drug-likeness (QED) is 0.127. The van der Waals surface area contributed by atoms with E-state index in [0.29, 0.717) is 12.8 Å². The van der Waals surface area contributed by atoms with E-state index in [4.69, 9.17) is 4.74 Å². The molecule has 1 unspecified atom stereocenters. The average Bonchev–Trinajstić information content (AvgIpc) is 2.68. The number of cyclic esters (lactones) is 2. The topological polar surface area (TPSA) is 43.4 Å². The maximum Gasteiger partial charge on any atom is 0.316 e. The maximum atomic E-state index is 11.6. The van der Waals surface area contributed by atoms with Gasteiger partial charge in [0, 0.05) is 6.42 Å². The van der Waals surface area contributed by atoms with Crippen LogP contribution in [0.15, 0.2) is 0 Å². The Hall–Kier alpha value is -0.860. The van der Waals surface area contributed by atoms with Crippen LogP contribution in [-0.2, 0) is 14.3 Å². The molecular weight excluding hydrogens is 348 g/mol. The SMILES string of the molecule is CCCCCCCCCCCCCCCCCCCCC1CCC(=O)OC1=O. The first-order chi connectivity index (χ1) is 13.7. The fraction of sp³-hybridized carbons (Fsp3) is 0.920. The second kappa shape index (κ2) is 18.2. The van der Waals surface area contributed by atoms with Crippen LogP contribution < -0.4 is 0 Å². The van der Waals surface area contributed by atoms with Crippen LogP contribution >= 0.6 is 0 Å². The van der Waals surface area contributed by atoms with Gasteiger partial charge in [0.05, 0.1) is 5.92 Å². The summed E-state index contributed by atoms with van der Waals surface area (Å²) in [5.74, 6) is -0.666. The zero-order valence-electron chi connectivity index (χ0n) is 18.7. The molecule has 0 amide bonds. The molecule has 1 atom stereocenters. The minimum absolute atomic E-state index is 0.0289. The number of carbonyl (C=O) groups is 2. The van der Waals surface area contributed by atoms with Crippen molar-refractivity contribution in [1.29, 1.82) is 0 Å². The summed E-state index contributed by atoms with van der Waals surface area (Å²) in [7, 11) is 0. The van der Waals surface area contributed by atoms with Gasteiger partial charge in [-0.15, -0.1) is 0 Å². The summed E-state index contributed by atoms with van der Waals surface area (Å²) in [5.41, 5.74) is 0. The Kier molecular flexibility index (Phi) is 16.4. The summed E-state index contributed by atoms with van der Waals surface area (Å²) < 4.78 is 4.71. The van der Waals surface area contributed by atoms with Crippen molar-refractivity contribution >= 4 is 11.9 Å². The highest BCUT2D eigenvalue weighted by Crippen LogP contribution is 2.22. The van der Waals surface area contributed by atoms with E-state index < -0.39 is 0 Å². The van der Waals surface area contributed by atoms with Crippen LogP contribution in [0.4, 0.5) is 0 Å². The van der Waals surface area contributed by atoms with E-state index in [1.54, 1.807) is 0 Å². The Morgan fingerprint density at radius 2 is 1.04 bits per heavy atom. The molecule has 1 rings (SSSR count). The average molecular weight is 395 g/mol. The number of hydrogen-bond acceptors (Lipinski definition) is 3. The van der Waals surface area contributed by atoms with Crippen LogP contribution in [0.2, 0.25) is 0 Å². The molecule has 1 aliphatic rings. The maximum absolute atomic E-state index is 11.6. The molecule has 0 bridgehead atoms. The van der Waals surface area contributed by atoms with Crippen LogP contribution in [0.1, 0.15) is 142 Å². The Labute approximate surface area is 174 Å². The van der Waals surface area contributed by atoms with Crippen molar-refractivity contribution in [3.63, 3.8) is 0 Å². The molecule has 0 aromatic carbocycles. The van der Waals surface area contributed by atoms with Gasteiger partial charge in [-0.25, -0.2) is 0 Å². The monoisotopic (exact) mass is 394 g/mol. The summed E-state index contributed by atoms with van der Waals surface area (Å²) in [6.07, 6.45) is 26.7. The van der Waals surface area contributed by atoms with E-state index in [2.05, 4.69) is 6.92 Å². The van der Waals surface area contributed by atoms with Gasteiger partial charge >= 0.3 is 11.9 Å². The molecule has 0 aromatic rings. The first-order valence-electron chi connectivity index (χ1n) is 12.5. The van der Waals surface area contributed by atoms with E-state index in [1.807, 2.05) is 0 Å². The summed E-state index contributed by atoms with van der Waals surface area (Å²) in [4.78, 5) is 22.6. The fourth-order valence-corrected chi connectivity index (χ4v) is 4.21. The van der Waals surface area contributed by atoms with E-state index in [9.17, 15) is 9.59 Å². The first kappa shape index (κ1) is 25.2. The lowest BCUT2D eigenvalue weighted by Gasteiger charge is -2.18.